The second-order valence-electron chi connectivity index (χ2n) is 8.98. The van der Waals surface area contributed by atoms with Gasteiger partial charge in [-0.05, 0) is 49.6 Å². The van der Waals surface area contributed by atoms with Gasteiger partial charge in [0, 0.05) is 23.9 Å². The van der Waals surface area contributed by atoms with Crippen LogP contribution in [-0.4, -0.2) is 32.7 Å². The molecule has 0 radical (unpaired) electrons. The molecule has 3 aromatic carbocycles. The summed E-state index contributed by atoms with van der Waals surface area (Å²) in [6.07, 6.45) is 2.26. The van der Waals surface area contributed by atoms with Gasteiger partial charge in [0.1, 0.15) is 11.6 Å². The number of hydrogen-bond donors (Lipinski definition) is 3. The molecule has 0 amide bonds. The highest BCUT2D eigenvalue weighted by atomic mass is 16.4. The molecule has 0 atom stereocenters. The number of carbonyl (C=O) groups is 1. The van der Waals surface area contributed by atoms with Crippen LogP contribution in [-0.2, 0) is 10.2 Å². The van der Waals surface area contributed by atoms with Crippen molar-refractivity contribution in [2.45, 2.75) is 31.6 Å². The summed E-state index contributed by atoms with van der Waals surface area (Å²) in [7, 11) is 0. The van der Waals surface area contributed by atoms with Gasteiger partial charge in [-0.3, -0.25) is 4.79 Å². The lowest BCUT2D eigenvalue weighted by Crippen LogP contribution is -2.42. The smallest absolute Gasteiger partial charge is 0.314 e. The van der Waals surface area contributed by atoms with Crippen molar-refractivity contribution in [2.24, 2.45) is 0 Å². The molecular formula is C29H28N4O3. The Labute approximate surface area is 210 Å². The zero-order valence-corrected chi connectivity index (χ0v) is 20.1. The first-order valence-electron chi connectivity index (χ1n) is 12.1. The average molecular weight is 481 g/mol. The number of aromatic nitrogens is 2. The Kier molecular flexibility index (Phi) is 6.29. The Bertz CT molecular complexity index is 1370. The minimum Gasteiger partial charge on any atom is -0.506 e. The Morgan fingerprint density at radius 2 is 1.67 bits per heavy atom. The van der Waals surface area contributed by atoms with Crippen LogP contribution in [0, 0.1) is 0 Å². The van der Waals surface area contributed by atoms with Gasteiger partial charge in [-0.15, -0.1) is 0 Å². The van der Waals surface area contributed by atoms with Crippen LogP contribution in [0.25, 0.3) is 11.3 Å². The van der Waals surface area contributed by atoms with Crippen molar-refractivity contribution in [1.29, 1.82) is 0 Å². The van der Waals surface area contributed by atoms with Crippen molar-refractivity contribution in [1.82, 2.24) is 9.97 Å². The van der Waals surface area contributed by atoms with E-state index in [0.29, 0.717) is 36.8 Å². The molecule has 1 aromatic heterocycles. The minimum atomic E-state index is -0.769. The van der Waals surface area contributed by atoms with E-state index >= 15 is 0 Å². The number of aliphatic carboxylic acids is 1. The highest BCUT2D eigenvalue weighted by Gasteiger charge is 2.45. The summed E-state index contributed by atoms with van der Waals surface area (Å²) in [6, 6.07) is 26.4. The van der Waals surface area contributed by atoms with Gasteiger partial charge in [-0.1, -0.05) is 61.0 Å². The number of benzene rings is 3. The lowest BCUT2D eigenvalue weighted by atomic mass is 9.64. The Morgan fingerprint density at radius 1 is 0.972 bits per heavy atom. The molecule has 0 bridgehead atoms. The first kappa shape index (κ1) is 23.4. The second-order valence-corrected chi connectivity index (χ2v) is 8.98. The molecule has 7 nitrogen and oxygen atoms in total. The lowest BCUT2D eigenvalue weighted by molar-refractivity contribution is -0.147. The molecule has 0 aliphatic heterocycles. The van der Waals surface area contributed by atoms with E-state index in [1.54, 1.807) is 12.1 Å². The first-order chi connectivity index (χ1) is 17.5. The van der Waals surface area contributed by atoms with E-state index in [1.165, 1.54) is 0 Å². The maximum atomic E-state index is 11.9. The topological polar surface area (TPSA) is 98.6 Å². The van der Waals surface area contributed by atoms with E-state index in [0.717, 1.165) is 28.9 Å². The molecule has 1 heterocycles. The number of phenols is 1. The van der Waals surface area contributed by atoms with Crippen LogP contribution in [0.4, 0.5) is 23.1 Å². The zero-order valence-electron chi connectivity index (χ0n) is 20.1. The molecule has 36 heavy (non-hydrogen) atoms. The van der Waals surface area contributed by atoms with Crippen molar-refractivity contribution >= 4 is 29.1 Å². The fraction of sp³-hybridized carbons (Fsp3) is 0.207. The predicted molar refractivity (Wildman–Crippen MR) is 141 cm³/mol. The Morgan fingerprint density at radius 3 is 2.28 bits per heavy atom. The molecule has 1 saturated carbocycles. The van der Waals surface area contributed by atoms with Crippen LogP contribution in [0.1, 0.15) is 31.7 Å². The van der Waals surface area contributed by atoms with Gasteiger partial charge in [-0.2, -0.15) is 4.98 Å². The van der Waals surface area contributed by atoms with Crippen molar-refractivity contribution in [2.75, 3.05) is 16.8 Å². The van der Waals surface area contributed by atoms with E-state index in [-0.39, 0.29) is 5.75 Å². The molecule has 1 aliphatic carbocycles. The fourth-order valence-electron chi connectivity index (χ4n) is 4.69. The van der Waals surface area contributed by atoms with E-state index in [4.69, 9.17) is 9.97 Å². The van der Waals surface area contributed by atoms with Crippen LogP contribution in [0.2, 0.25) is 0 Å². The quantitative estimate of drug-likeness (QED) is 0.274. The summed E-state index contributed by atoms with van der Waals surface area (Å²) in [5.41, 5.74) is 3.17. The van der Waals surface area contributed by atoms with Crippen molar-refractivity contribution in [3.05, 3.63) is 90.5 Å². The van der Waals surface area contributed by atoms with Crippen molar-refractivity contribution < 1.29 is 15.0 Å². The monoisotopic (exact) mass is 480 g/mol. The summed E-state index contributed by atoms with van der Waals surface area (Å²) in [4.78, 5) is 23.3. The van der Waals surface area contributed by atoms with Gasteiger partial charge in [0.25, 0.3) is 0 Å². The number of anilines is 4. The van der Waals surface area contributed by atoms with Crippen LogP contribution < -0.4 is 10.2 Å². The number of phenolic OH excluding ortho intramolecular Hbond substituents is 1. The maximum absolute atomic E-state index is 11.9. The van der Waals surface area contributed by atoms with Crippen molar-refractivity contribution in [3.8, 4) is 17.0 Å². The van der Waals surface area contributed by atoms with Gasteiger partial charge >= 0.3 is 5.97 Å². The second kappa shape index (κ2) is 9.70. The average Bonchev–Trinajstić information content (AvgIpc) is 2.86. The SMILES string of the molecule is CCN(c1cc(-c2ccccc2)nc(Nc2ccc(C3(C(=O)O)CCC3)cc2)n1)c1ccccc1O. The number of hydrogen-bond acceptors (Lipinski definition) is 6. The van der Waals surface area contributed by atoms with Crippen LogP contribution in [0.5, 0.6) is 5.75 Å². The number of carboxylic acid groups (broad SMARTS) is 1. The third-order valence-electron chi connectivity index (χ3n) is 6.86. The highest BCUT2D eigenvalue weighted by molar-refractivity contribution is 5.83. The Balaban J connectivity index is 1.51. The van der Waals surface area contributed by atoms with Crippen molar-refractivity contribution in [3.63, 3.8) is 0 Å². The molecule has 3 N–H and O–H groups in total. The number of rotatable bonds is 8. The third kappa shape index (κ3) is 4.35. The molecule has 1 fully saturated rings. The Hall–Kier alpha value is -4.39. The zero-order chi connectivity index (χ0) is 25.1. The predicted octanol–water partition coefficient (Wildman–Crippen LogP) is 6.26. The molecule has 0 unspecified atom stereocenters. The number of nitrogens with zero attached hydrogens (tertiary/aromatic N) is 3. The van der Waals surface area contributed by atoms with E-state index < -0.39 is 11.4 Å². The van der Waals surface area contributed by atoms with Crippen LogP contribution in [0.15, 0.2) is 84.9 Å². The standard InChI is InChI=1S/C29H28N4O3/c1-2-33(24-11-6-7-12-25(24)34)26-19-23(20-9-4-3-5-10-20)31-28(32-26)30-22-15-13-21(14-16-22)29(27(35)36)17-8-18-29/h3-7,9-16,19,34H,2,8,17-18H2,1H3,(H,35,36)(H,30,31,32). The summed E-state index contributed by atoms with van der Waals surface area (Å²) in [6.45, 7) is 2.59. The highest BCUT2D eigenvalue weighted by Crippen LogP contribution is 2.44. The minimum absolute atomic E-state index is 0.174. The number of nitrogens with one attached hydrogen (secondary N) is 1. The van der Waals surface area contributed by atoms with Gasteiger partial charge in [0.05, 0.1) is 16.8 Å². The summed E-state index contributed by atoms with van der Waals surface area (Å²) in [5.74, 6) is 0.463. The number of para-hydroxylation sites is 2. The van der Waals surface area contributed by atoms with Gasteiger partial charge in [0.15, 0.2) is 0 Å². The van der Waals surface area contributed by atoms with Gasteiger partial charge in [0.2, 0.25) is 5.95 Å². The van der Waals surface area contributed by atoms with Gasteiger partial charge in [-0.25, -0.2) is 4.98 Å². The molecule has 182 valence electrons. The molecular weight excluding hydrogens is 452 g/mol. The summed E-state index contributed by atoms with van der Waals surface area (Å²) in [5, 5.41) is 23.5. The van der Waals surface area contributed by atoms with Gasteiger partial charge < -0.3 is 20.4 Å². The van der Waals surface area contributed by atoms with Crippen LogP contribution in [0.3, 0.4) is 0 Å². The largest absolute Gasteiger partial charge is 0.506 e. The third-order valence-corrected chi connectivity index (χ3v) is 6.86. The van der Waals surface area contributed by atoms with E-state index in [1.807, 2.05) is 84.6 Å². The number of aromatic hydroxyl groups is 1. The summed E-state index contributed by atoms with van der Waals surface area (Å²) < 4.78 is 0. The normalized spacial score (nSPS) is 14.0. The lowest BCUT2D eigenvalue weighted by Gasteiger charge is -2.38. The molecule has 0 spiro atoms. The number of carboxylic acids is 1. The molecule has 7 heteroatoms. The molecule has 5 rings (SSSR count). The van der Waals surface area contributed by atoms with E-state index in [2.05, 4.69) is 5.32 Å². The maximum Gasteiger partial charge on any atom is 0.314 e. The fourth-order valence-corrected chi connectivity index (χ4v) is 4.69. The first-order valence-corrected chi connectivity index (χ1v) is 12.1. The molecule has 4 aromatic rings. The molecule has 1 aliphatic rings. The van der Waals surface area contributed by atoms with E-state index in [9.17, 15) is 15.0 Å². The summed E-state index contributed by atoms with van der Waals surface area (Å²) >= 11 is 0. The molecule has 0 saturated heterocycles. The van der Waals surface area contributed by atoms with Crippen LogP contribution >= 0.6 is 0 Å².